The minimum atomic E-state index is 0.460. The molecule has 0 rings (SSSR count). The molecule has 0 saturated heterocycles. The van der Waals surface area contributed by atoms with Gasteiger partial charge in [-0.1, -0.05) is 8.58 Å². The number of hydrogen-bond acceptors (Lipinski definition) is 1. The van der Waals surface area contributed by atoms with E-state index in [1.54, 1.807) is 0 Å². The van der Waals surface area contributed by atoms with Gasteiger partial charge in [-0.15, -0.1) is 0 Å². The van der Waals surface area contributed by atoms with Crippen LogP contribution >= 0.6 is 8.58 Å². The van der Waals surface area contributed by atoms with Crippen LogP contribution in [0.4, 0.5) is 0 Å². The first kappa shape index (κ1) is 4.10. The van der Waals surface area contributed by atoms with Crippen molar-refractivity contribution >= 4 is 14.6 Å². The van der Waals surface area contributed by atoms with Crippen LogP contribution < -0.4 is 0 Å². The molecule has 1 atom stereocenters. The summed E-state index contributed by atoms with van der Waals surface area (Å²) in [4.78, 5) is 9.19. The predicted molar refractivity (Wildman–Crippen MR) is 21.0 cm³/mol. The Kier molecular flexibility index (Phi) is 3.18. The molecule has 1 unspecified atom stereocenters. The zero-order valence-electron chi connectivity index (χ0n) is 2.49. The molecule has 0 amide bonds. The summed E-state index contributed by atoms with van der Waals surface area (Å²) >= 11 is 0. The molecule has 0 radical (unpaired) electrons. The van der Waals surface area contributed by atoms with Gasteiger partial charge in [0.2, 0.25) is 0 Å². The molecule has 0 aromatic rings. The highest BCUT2D eigenvalue weighted by molar-refractivity contribution is 7.54. The molecule has 0 fully saturated rings. The van der Waals surface area contributed by atoms with Gasteiger partial charge in [0.25, 0.3) is 0 Å². The van der Waals surface area contributed by atoms with Crippen LogP contribution in [0.25, 0.3) is 0 Å². The summed E-state index contributed by atoms with van der Waals surface area (Å²) in [5.41, 5.74) is 0. The van der Waals surface area contributed by atoms with E-state index >= 15 is 0 Å². The average Bonchev–Trinajstić information content (AvgIpc) is 1.37. The molecule has 24 valence electrons. The van der Waals surface area contributed by atoms with Crippen molar-refractivity contribution in [3.05, 3.63) is 0 Å². The fraction of sp³-hybridized carbons (Fsp3) is 0.500. The van der Waals surface area contributed by atoms with Gasteiger partial charge in [0.15, 0.2) is 0 Å². The molecule has 0 saturated carbocycles. The lowest BCUT2D eigenvalue weighted by atomic mass is 11.8. The molecule has 0 aliphatic heterocycles. The largest absolute Gasteiger partial charge is 0.299 e. The van der Waals surface area contributed by atoms with Gasteiger partial charge in [-0.25, -0.2) is 0 Å². The van der Waals surface area contributed by atoms with Crippen molar-refractivity contribution in [3.63, 3.8) is 0 Å². The van der Waals surface area contributed by atoms with E-state index in [2.05, 4.69) is 0 Å². The Balaban J connectivity index is 2.30. The maximum atomic E-state index is 9.19. The van der Waals surface area contributed by atoms with Crippen molar-refractivity contribution in [2.24, 2.45) is 0 Å². The second-order valence-electron chi connectivity index (χ2n) is 0.407. The third-order valence-electron chi connectivity index (χ3n) is 0.118. The molecule has 2 heteroatoms. The fourth-order valence-electron chi connectivity index (χ4n) is 0. The third kappa shape index (κ3) is 2.10. The summed E-state index contributed by atoms with van der Waals surface area (Å²) in [7, 11) is 0.460. The Morgan fingerprint density at radius 3 is 2.25 bits per heavy atom. The van der Waals surface area contributed by atoms with Crippen LogP contribution in [0.1, 0.15) is 0 Å². The molecule has 0 aliphatic rings. The van der Waals surface area contributed by atoms with Gasteiger partial charge in [0.1, 0.15) is 6.03 Å². The third-order valence-corrected chi connectivity index (χ3v) is 0.354. The van der Waals surface area contributed by atoms with E-state index in [0.29, 0.717) is 8.58 Å². The highest BCUT2D eigenvalue weighted by atomic mass is 31.1. The van der Waals surface area contributed by atoms with Crippen LogP contribution in [-0.2, 0) is 4.79 Å². The molecule has 0 aromatic heterocycles. The molecule has 4 heavy (non-hydrogen) atoms. The van der Waals surface area contributed by atoms with Crippen molar-refractivity contribution in [1.82, 2.24) is 0 Å². The minimum Gasteiger partial charge on any atom is -0.299 e. The normalized spacial score (nSPS) is 9.25. The molecule has 0 N–H and O–H groups in total. The maximum Gasteiger partial charge on any atom is 0.138 e. The van der Waals surface area contributed by atoms with E-state index in [-0.39, 0.29) is 0 Å². The van der Waals surface area contributed by atoms with Crippen LogP contribution in [0.2, 0.25) is 0 Å². The zero-order valence-corrected chi connectivity index (χ0v) is 3.49. The highest BCUT2D eigenvalue weighted by Gasteiger charge is 1.51. The van der Waals surface area contributed by atoms with Crippen molar-refractivity contribution in [2.75, 3.05) is 6.66 Å². The molecular formula is C2H5OP. The van der Waals surface area contributed by atoms with Gasteiger partial charge < -0.3 is 0 Å². The molecule has 0 heterocycles. The van der Waals surface area contributed by atoms with Gasteiger partial charge in [-0.3, -0.25) is 4.79 Å². The van der Waals surface area contributed by atoms with Crippen LogP contribution in [0, 0.1) is 0 Å². The lowest BCUT2D eigenvalue weighted by Gasteiger charge is -1.53. The van der Waals surface area contributed by atoms with Gasteiger partial charge in [0.05, 0.1) is 0 Å². The van der Waals surface area contributed by atoms with Gasteiger partial charge >= 0.3 is 0 Å². The van der Waals surface area contributed by atoms with Crippen molar-refractivity contribution in [1.29, 1.82) is 0 Å². The predicted octanol–water partition coefficient (Wildman–Crippen LogP) is 0.485. The van der Waals surface area contributed by atoms with Gasteiger partial charge in [-0.2, -0.15) is 0 Å². The van der Waals surface area contributed by atoms with Crippen LogP contribution in [0.5, 0.6) is 0 Å². The second kappa shape index (κ2) is 3.10. The van der Waals surface area contributed by atoms with E-state index in [9.17, 15) is 4.79 Å². The smallest absolute Gasteiger partial charge is 0.138 e. The van der Waals surface area contributed by atoms with Gasteiger partial charge in [-0.05, 0) is 6.66 Å². The zero-order chi connectivity index (χ0) is 3.41. The first-order valence-corrected chi connectivity index (χ1v) is 2.60. The second-order valence-corrected chi connectivity index (χ2v) is 1.22. The monoisotopic (exact) mass is 76.0 g/mol. The van der Waals surface area contributed by atoms with E-state index < -0.39 is 0 Å². The van der Waals surface area contributed by atoms with Crippen molar-refractivity contribution in [2.45, 2.75) is 0 Å². The molecule has 0 bridgehead atoms. The Morgan fingerprint density at radius 2 is 2.25 bits per heavy atom. The summed E-state index contributed by atoms with van der Waals surface area (Å²) in [5, 5.41) is 0. The van der Waals surface area contributed by atoms with E-state index in [4.69, 9.17) is 0 Å². The molecule has 1 nitrogen and oxygen atoms in total. The van der Waals surface area contributed by atoms with E-state index in [1.165, 1.54) is 0 Å². The quantitative estimate of drug-likeness (QED) is 0.328. The SMILES string of the molecule is CPC=O. The molecule has 0 spiro atoms. The Bertz CT molecular complexity index is 20.0. The fourth-order valence-corrected chi connectivity index (χ4v) is 0. The maximum absolute atomic E-state index is 9.19. The van der Waals surface area contributed by atoms with Crippen LogP contribution in [0.3, 0.4) is 0 Å². The number of carbonyl (C=O) groups is 1. The molecular weight excluding hydrogens is 71.0 g/mol. The summed E-state index contributed by atoms with van der Waals surface area (Å²) in [6, 6.07) is 0.903. The van der Waals surface area contributed by atoms with Crippen molar-refractivity contribution < 1.29 is 4.79 Å². The average molecular weight is 76.0 g/mol. The van der Waals surface area contributed by atoms with E-state index in [1.807, 2.05) is 6.66 Å². The first-order chi connectivity index (χ1) is 1.91. The summed E-state index contributed by atoms with van der Waals surface area (Å²) in [6.07, 6.45) is 0. The van der Waals surface area contributed by atoms with Crippen LogP contribution in [0.15, 0.2) is 0 Å². The summed E-state index contributed by atoms with van der Waals surface area (Å²) in [5.74, 6) is 0. The number of carbonyl (C=O) groups excluding carboxylic acids is 1. The van der Waals surface area contributed by atoms with E-state index in [0.717, 1.165) is 6.03 Å². The Hall–Kier alpha value is 0.100. The minimum absolute atomic E-state index is 0.460. The topological polar surface area (TPSA) is 17.1 Å². The van der Waals surface area contributed by atoms with Crippen molar-refractivity contribution in [3.8, 4) is 0 Å². The number of hydrogen-bond donors (Lipinski definition) is 0. The molecule has 0 aliphatic carbocycles. The lowest BCUT2D eigenvalue weighted by Crippen LogP contribution is -1.39. The van der Waals surface area contributed by atoms with Gasteiger partial charge in [0, 0.05) is 0 Å². The molecule has 0 aromatic carbocycles. The summed E-state index contributed by atoms with van der Waals surface area (Å²) < 4.78 is 0. The van der Waals surface area contributed by atoms with Crippen LogP contribution in [-0.4, -0.2) is 12.7 Å². The standard InChI is InChI=1S/C2H5OP/c1-4-2-3/h2,4H,1H3. The Morgan fingerprint density at radius 1 is 2.00 bits per heavy atom. The summed E-state index contributed by atoms with van der Waals surface area (Å²) in [6.45, 7) is 1.84. The first-order valence-electron chi connectivity index (χ1n) is 1.02. The number of rotatable bonds is 1. The Labute approximate surface area is 27.2 Å². The lowest BCUT2D eigenvalue weighted by molar-refractivity contribution is 0.569. The highest BCUT2D eigenvalue weighted by Crippen LogP contribution is 1.87.